The van der Waals surface area contributed by atoms with Crippen LogP contribution in [0.5, 0.6) is 0 Å². The first-order valence-electron chi connectivity index (χ1n) is 6.73. The van der Waals surface area contributed by atoms with Crippen molar-refractivity contribution in [2.75, 3.05) is 0 Å². The molecule has 1 aromatic rings. The summed E-state index contributed by atoms with van der Waals surface area (Å²) in [5.41, 5.74) is 4.75. The van der Waals surface area contributed by atoms with Crippen LogP contribution in [-0.2, 0) is 6.18 Å². The molecule has 0 heterocycles. The van der Waals surface area contributed by atoms with Crippen LogP contribution in [0.4, 0.5) is 13.2 Å². The molecule has 110 valence electrons. The molecule has 0 spiro atoms. The highest BCUT2D eigenvalue weighted by Crippen LogP contribution is 2.34. The minimum atomic E-state index is -4.39. The smallest absolute Gasteiger partial charge is 0.319 e. The van der Waals surface area contributed by atoms with Crippen molar-refractivity contribution < 1.29 is 18.0 Å². The van der Waals surface area contributed by atoms with E-state index < -0.39 is 17.3 Å². The second-order valence-corrected chi connectivity index (χ2v) is 5.76. The van der Waals surface area contributed by atoms with E-state index in [1.807, 2.05) is 6.92 Å². The molecule has 0 radical (unpaired) electrons. The minimum Gasteiger partial charge on any atom is -0.319 e. The number of carbonyl (C=O) groups is 1. The Balaban J connectivity index is 2.21. The normalized spacial score (nSPS) is 27.4. The van der Waals surface area contributed by atoms with Crippen LogP contribution in [0, 0.1) is 5.92 Å². The second-order valence-electron chi connectivity index (χ2n) is 5.76. The summed E-state index contributed by atoms with van der Waals surface area (Å²) in [6.45, 7) is 2.04. The maximum atomic E-state index is 12.5. The highest BCUT2D eigenvalue weighted by molar-refractivity contribution is 6.03. The lowest BCUT2D eigenvalue weighted by atomic mass is 9.73. The van der Waals surface area contributed by atoms with Gasteiger partial charge in [0.25, 0.3) is 0 Å². The molecule has 2 atom stereocenters. The average Bonchev–Trinajstić information content (AvgIpc) is 2.37. The summed E-state index contributed by atoms with van der Waals surface area (Å²) in [6, 6.07) is 4.31. The summed E-state index contributed by atoms with van der Waals surface area (Å²) in [6.07, 6.45) is -1.28. The van der Waals surface area contributed by atoms with E-state index >= 15 is 0 Å². The fourth-order valence-corrected chi connectivity index (χ4v) is 2.90. The molecule has 2 rings (SSSR count). The minimum absolute atomic E-state index is 0.252. The number of hydrogen-bond donors (Lipinski definition) is 1. The topological polar surface area (TPSA) is 43.1 Å². The fourth-order valence-electron chi connectivity index (χ4n) is 2.90. The first-order valence-corrected chi connectivity index (χ1v) is 6.73. The number of alkyl halides is 3. The van der Waals surface area contributed by atoms with Crippen molar-refractivity contribution in [1.29, 1.82) is 0 Å². The van der Waals surface area contributed by atoms with E-state index in [2.05, 4.69) is 0 Å². The summed E-state index contributed by atoms with van der Waals surface area (Å²) >= 11 is 0. The first kappa shape index (κ1) is 15.0. The number of Topliss-reactive ketones (excluding diaryl/α,β-unsaturated/α-hetero) is 1. The molecule has 1 aliphatic rings. The van der Waals surface area contributed by atoms with Gasteiger partial charge in [0.1, 0.15) is 0 Å². The molecule has 0 amide bonds. The average molecular weight is 285 g/mol. The summed E-state index contributed by atoms with van der Waals surface area (Å²) in [5.74, 6) is 0.116. The molecule has 1 aliphatic carbocycles. The SMILES string of the molecule is CC1CCCC(N)(C(=O)c2ccc(C(F)(F)F)cc2)C1. The molecule has 0 saturated heterocycles. The Morgan fingerprint density at radius 2 is 1.90 bits per heavy atom. The van der Waals surface area contributed by atoms with Crippen LogP contribution in [0.3, 0.4) is 0 Å². The molecule has 2 nitrogen and oxygen atoms in total. The second kappa shape index (κ2) is 5.20. The zero-order valence-electron chi connectivity index (χ0n) is 11.3. The van der Waals surface area contributed by atoms with Crippen molar-refractivity contribution in [1.82, 2.24) is 0 Å². The van der Waals surface area contributed by atoms with Gasteiger partial charge >= 0.3 is 6.18 Å². The number of carbonyl (C=O) groups excluding carboxylic acids is 1. The largest absolute Gasteiger partial charge is 0.416 e. The van der Waals surface area contributed by atoms with E-state index in [4.69, 9.17) is 5.73 Å². The number of hydrogen-bond acceptors (Lipinski definition) is 2. The number of benzene rings is 1. The number of ketones is 1. The van der Waals surface area contributed by atoms with Crippen LogP contribution in [0.25, 0.3) is 0 Å². The van der Waals surface area contributed by atoms with Gasteiger partial charge in [0.15, 0.2) is 5.78 Å². The Bertz CT molecular complexity index is 495. The molecule has 0 aliphatic heterocycles. The quantitative estimate of drug-likeness (QED) is 0.840. The predicted molar refractivity (Wildman–Crippen MR) is 70.3 cm³/mol. The molecule has 5 heteroatoms. The monoisotopic (exact) mass is 285 g/mol. The van der Waals surface area contributed by atoms with Crippen molar-refractivity contribution in [2.45, 2.75) is 44.3 Å². The van der Waals surface area contributed by atoms with Gasteiger partial charge in [-0.15, -0.1) is 0 Å². The Hall–Kier alpha value is -1.36. The Morgan fingerprint density at radius 1 is 1.30 bits per heavy atom. The maximum Gasteiger partial charge on any atom is 0.416 e. The number of rotatable bonds is 2. The Kier molecular flexibility index (Phi) is 3.91. The first-order chi connectivity index (χ1) is 9.22. The van der Waals surface area contributed by atoms with Crippen molar-refractivity contribution in [3.05, 3.63) is 35.4 Å². The Morgan fingerprint density at radius 3 is 2.40 bits per heavy atom. The van der Waals surface area contributed by atoms with E-state index in [1.54, 1.807) is 0 Å². The summed E-state index contributed by atoms with van der Waals surface area (Å²) in [7, 11) is 0. The summed E-state index contributed by atoms with van der Waals surface area (Å²) in [5, 5.41) is 0. The third-order valence-electron chi connectivity index (χ3n) is 3.96. The molecule has 2 N–H and O–H groups in total. The number of nitrogens with two attached hydrogens (primary N) is 1. The van der Waals surface area contributed by atoms with E-state index in [1.165, 1.54) is 12.1 Å². The van der Waals surface area contributed by atoms with Gasteiger partial charge in [-0.2, -0.15) is 13.2 Å². The van der Waals surface area contributed by atoms with Crippen LogP contribution in [0.15, 0.2) is 24.3 Å². The van der Waals surface area contributed by atoms with Gasteiger partial charge in [0.2, 0.25) is 0 Å². The lowest BCUT2D eigenvalue weighted by Gasteiger charge is -2.35. The van der Waals surface area contributed by atoms with Crippen molar-refractivity contribution in [2.24, 2.45) is 11.7 Å². The molecule has 20 heavy (non-hydrogen) atoms. The molecular formula is C15H18F3NO. The van der Waals surface area contributed by atoms with Crippen LogP contribution in [0.1, 0.15) is 48.5 Å². The molecule has 1 fully saturated rings. The molecule has 2 unspecified atom stereocenters. The van der Waals surface area contributed by atoms with Gasteiger partial charge in [0, 0.05) is 5.56 Å². The van der Waals surface area contributed by atoms with Crippen LogP contribution in [0.2, 0.25) is 0 Å². The zero-order valence-corrected chi connectivity index (χ0v) is 11.3. The highest BCUT2D eigenvalue weighted by atomic mass is 19.4. The molecule has 0 bridgehead atoms. The lowest BCUT2D eigenvalue weighted by molar-refractivity contribution is -0.137. The molecular weight excluding hydrogens is 267 g/mol. The predicted octanol–water partition coefficient (Wildman–Crippen LogP) is 3.80. The van der Waals surface area contributed by atoms with Crippen LogP contribution in [-0.4, -0.2) is 11.3 Å². The lowest BCUT2D eigenvalue weighted by Crippen LogP contribution is -2.51. The van der Waals surface area contributed by atoms with Gasteiger partial charge in [-0.05, 0) is 30.9 Å². The molecule has 1 aromatic carbocycles. The Labute approximate surface area is 116 Å². The van der Waals surface area contributed by atoms with E-state index in [-0.39, 0.29) is 11.3 Å². The van der Waals surface area contributed by atoms with Crippen molar-refractivity contribution in [3.8, 4) is 0 Å². The number of halogens is 3. The third-order valence-corrected chi connectivity index (χ3v) is 3.96. The van der Waals surface area contributed by atoms with Gasteiger partial charge in [-0.25, -0.2) is 0 Å². The van der Waals surface area contributed by atoms with E-state index in [9.17, 15) is 18.0 Å². The third kappa shape index (κ3) is 3.03. The standard InChI is InChI=1S/C15H18F3NO/c1-10-3-2-8-14(19,9-10)13(20)11-4-6-12(7-5-11)15(16,17)18/h4-7,10H,2-3,8-9,19H2,1H3. The zero-order chi connectivity index (χ0) is 15.0. The van der Waals surface area contributed by atoms with Gasteiger partial charge in [-0.3, -0.25) is 4.79 Å². The van der Waals surface area contributed by atoms with Gasteiger partial charge in [0.05, 0.1) is 11.1 Å². The molecule has 1 saturated carbocycles. The maximum absolute atomic E-state index is 12.5. The molecule has 0 aromatic heterocycles. The van der Waals surface area contributed by atoms with E-state index in [0.29, 0.717) is 18.8 Å². The summed E-state index contributed by atoms with van der Waals surface area (Å²) in [4.78, 5) is 12.4. The van der Waals surface area contributed by atoms with Crippen molar-refractivity contribution in [3.63, 3.8) is 0 Å². The van der Waals surface area contributed by atoms with Gasteiger partial charge in [-0.1, -0.05) is 31.9 Å². The highest BCUT2D eigenvalue weighted by Gasteiger charge is 2.38. The van der Waals surface area contributed by atoms with Crippen LogP contribution < -0.4 is 5.73 Å². The van der Waals surface area contributed by atoms with Gasteiger partial charge < -0.3 is 5.73 Å². The van der Waals surface area contributed by atoms with Crippen molar-refractivity contribution >= 4 is 5.78 Å². The fraction of sp³-hybridized carbons (Fsp3) is 0.533. The summed E-state index contributed by atoms with van der Waals surface area (Å²) < 4.78 is 37.5. The van der Waals surface area contributed by atoms with Crippen LogP contribution >= 0.6 is 0 Å². The van der Waals surface area contributed by atoms with E-state index in [0.717, 1.165) is 25.0 Å².